The third-order valence-corrected chi connectivity index (χ3v) is 6.45. The van der Waals surface area contributed by atoms with Gasteiger partial charge >= 0.3 is 0 Å². The first-order valence-corrected chi connectivity index (χ1v) is 9.80. The summed E-state index contributed by atoms with van der Waals surface area (Å²) in [6.07, 6.45) is 5.46. The van der Waals surface area contributed by atoms with E-state index in [1.54, 1.807) is 23.7 Å². The molecule has 1 aliphatic carbocycles. The van der Waals surface area contributed by atoms with Crippen molar-refractivity contribution in [2.75, 3.05) is 26.2 Å². The van der Waals surface area contributed by atoms with Crippen molar-refractivity contribution >= 4 is 11.8 Å². The van der Waals surface area contributed by atoms with Gasteiger partial charge in [-0.25, -0.2) is 5.48 Å². The van der Waals surface area contributed by atoms with Gasteiger partial charge in [-0.1, -0.05) is 6.07 Å². The van der Waals surface area contributed by atoms with Crippen LogP contribution in [0.5, 0.6) is 5.75 Å². The molecule has 0 bridgehead atoms. The molecule has 2 aliphatic heterocycles. The lowest BCUT2D eigenvalue weighted by Crippen LogP contribution is -2.40. The molecule has 2 amide bonds. The molecule has 2 fully saturated rings. The van der Waals surface area contributed by atoms with Gasteiger partial charge in [0.05, 0.1) is 6.54 Å². The fourth-order valence-electron chi connectivity index (χ4n) is 4.72. The Morgan fingerprint density at radius 1 is 1.26 bits per heavy atom. The summed E-state index contributed by atoms with van der Waals surface area (Å²) in [4.78, 5) is 26.6. The van der Waals surface area contributed by atoms with E-state index < -0.39 is 5.91 Å². The molecule has 0 unspecified atom stereocenters. The van der Waals surface area contributed by atoms with Crippen molar-refractivity contribution in [3.8, 4) is 5.75 Å². The van der Waals surface area contributed by atoms with Gasteiger partial charge in [-0.05, 0) is 56.2 Å². The highest BCUT2D eigenvalue weighted by Crippen LogP contribution is 2.43. The van der Waals surface area contributed by atoms with Crippen molar-refractivity contribution in [1.82, 2.24) is 15.7 Å². The molecule has 7 heteroatoms. The Morgan fingerprint density at radius 3 is 2.78 bits per heavy atom. The van der Waals surface area contributed by atoms with Gasteiger partial charge in [-0.3, -0.25) is 14.8 Å². The lowest BCUT2D eigenvalue weighted by atomic mass is 9.69. The summed E-state index contributed by atoms with van der Waals surface area (Å²) in [6.45, 7) is 3.66. The van der Waals surface area contributed by atoms with Crippen LogP contribution >= 0.6 is 0 Å². The second-order valence-electron chi connectivity index (χ2n) is 8.07. The van der Waals surface area contributed by atoms with Crippen molar-refractivity contribution in [3.63, 3.8) is 0 Å². The minimum Gasteiger partial charge on any atom is -0.491 e. The standard InChI is InChI=1S/C20H27N3O4/c24-18(22-26)15-1-2-16-12-23(9-10-27-17(16)11-15)19(25)14-3-5-20(6-4-14)7-8-21-13-20/h1-2,11,14,21,26H,3-10,12-13H2,(H,22,24). The van der Waals surface area contributed by atoms with Crippen LogP contribution in [0.25, 0.3) is 0 Å². The summed E-state index contributed by atoms with van der Waals surface area (Å²) in [7, 11) is 0. The van der Waals surface area contributed by atoms with Crippen LogP contribution in [0.1, 0.15) is 48.0 Å². The van der Waals surface area contributed by atoms with Crippen molar-refractivity contribution < 1.29 is 19.5 Å². The van der Waals surface area contributed by atoms with Crippen molar-refractivity contribution in [2.45, 2.75) is 38.6 Å². The van der Waals surface area contributed by atoms with Gasteiger partial charge in [0.1, 0.15) is 12.4 Å². The fourth-order valence-corrected chi connectivity index (χ4v) is 4.72. The van der Waals surface area contributed by atoms with Gasteiger partial charge in [0.2, 0.25) is 5.91 Å². The predicted molar refractivity (Wildman–Crippen MR) is 98.5 cm³/mol. The molecule has 0 aromatic heterocycles. The van der Waals surface area contributed by atoms with Crippen molar-refractivity contribution in [3.05, 3.63) is 29.3 Å². The van der Waals surface area contributed by atoms with Crippen LogP contribution in [0.2, 0.25) is 0 Å². The number of amides is 2. The Kier molecular flexibility index (Phi) is 5.06. The summed E-state index contributed by atoms with van der Waals surface area (Å²) in [6, 6.07) is 5.05. The lowest BCUT2D eigenvalue weighted by Gasteiger charge is -2.37. The number of nitrogens with one attached hydrogen (secondary N) is 2. The first-order valence-electron chi connectivity index (χ1n) is 9.80. The molecule has 1 saturated heterocycles. The number of hydroxylamine groups is 1. The van der Waals surface area contributed by atoms with Crippen LogP contribution in [-0.4, -0.2) is 48.2 Å². The van der Waals surface area contributed by atoms with Crippen LogP contribution in [0.15, 0.2) is 18.2 Å². The molecule has 1 aromatic rings. The fraction of sp³-hybridized carbons (Fsp3) is 0.600. The van der Waals surface area contributed by atoms with Crippen molar-refractivity contribution in [2.24, 2.45) is 11.3 Å². The normalized spacial score (nSPS) is 27.6. The summed E-state index contributed by atoms with van der Waals surface area (Å²) in [5.74, 6) is 0.365. The number of benzene rings is 1. The molecule has 1 saturated carbocycles. The lowest BCUT2D eigenvalue weighted by molar-refractivity contribution is -0.138. The molecule has 3 aliphatic rings. The van der Waals surface area contributed by atoms with Crippen LogP contribution in [0.3, 0.4) is 0 Å². The SMILES string of the molecule is O=C(NO)c1ccc2c(c1)OCCN(C(=O)C1CCC3(CCNC3)CC1)C2. The smallest absolute Gasteiger partial charge is 0.274 e. The van der Waals surface area contributed by atoms with Crippen LogP contribution < -0.4 is 15.5 Å². The van der Waals surface area contributed by atoms with E-state index in [4.69, 9.17) is 9.94 Å². The second-order valence-corrected chi connectivity index (χ2v) is 8.07. The van der Waals surface area contributed by atoms with E-state index in [0.717, 1.165) is 44.3 Å². The van der Waals surface area contributed by atoms with E-state index in [1.165, 1.54) is 6.42 Å². The van der Waals surface area contributed by atoms with E-state index in [1.807, 2.05) is 4.90 Å². The number of hydrogen-bond acceptors (Lipinski definition) is 5. The Bertz CT molecular complexity index is 720. The van der Waals surface area contributed by atoms with Crippen LogP contribution in [-0.2, 0) is 11.3 Å². The number of carbonyl (C=O) groups is 2. The maximum atomic E-state index is 13.1. The zero-order valence-electron chi connectivity index (χ0n) is 15.5. The largest absolute Gasteiger partial charge is 0.491 e. The first kappa shape index (κ1) is 18.3. The molecule has 1 aromatic carbocycles. The minimum atomic E-state index is -0.573. The van der Waals surface area contributed by atoms with E-state index >= 15 is 0 Å². The van der Waals surface area contributed by atoms with Gasteiger partial charge in [-0.15, -0.1) is 0 Å². The molecular formula is C20H27N3O4. The third kappa shape index (κ3) is 3.66. The number of fused-ring (bicyclic) bond motifs is 1. The predicted octanol–water partition coefficient (Wildman–Crippen LogP) is 1.70. The average molecular weight is 373 g/mol. The van der Waals surface area contributed by atoms with Crippen LogP contribution in [0, 0.1) is 11.3 Å². The molecule has 27 heavy (non-hydrogen) atoms. The van der Waals surface area contributed by atoms with E-state index in [9.17, 15) is 9.59 Å². The van der Waals surface area contributed by atoms with Gasteiger partial charge in [0.15, 0.2) is 0 Å². The molecule has 3 N–H and O–H groups in total. The van der Waals surface area contributed by atoms with E-state index in [-0.39, 0.29) is 11.8 Å². The highest BCUT2D eigenvalue weighted by atomic mass is 16.5. The quantitative estimate of drug-likeness (QED) is 0.542. The van der Waals surface area contributed by atoms with Crippen LogP contribution in [0.4, 0.5) is 0 Å². The van der Waals surface area contributed by atoms with E-state index in [2.05, 4.69) is 5.32 Å². The average Bonchev–Trinajstić information content (AvgIpc) is 3.04. The summed E-state index contributed by atoms with van der Waals surface area (Å²) in [5, 5.41) is 12.3. The maximum Gasteiger partial charge on any atom is 0.274 e. The Balaban J connectivity index is 1.42. The zero-order valence-corrected chi connectivity index (χ0v) is 15.5. The zero-order chi connectivity index (χ0) is 18.9. The molecule has 0 atom stereocenters. The number of nitrogens with zero attached hydrogens (tertiary/aromatic N) is 1. The Morgan fingerprint density at radius 2 is 2.07 bits per heavy atom. The molecule has 1 spiro atoms. The van der Waals surface area contributed by atoms with E-state index in [0.29, 0.717) is 36.4 Å². The monoisotopic (exact) mass is 373 g/mol. The molecule has 146 valence electrons. The van der Waals surface area contributed by atoms with Gasteiger partial charge in [0.25, 0.3) is 5.91 Å². The maximum absolute atomic E-state index is 13.1. The molecule has 2 heterocycles. The highest BCUT2D eigenvalue weighted by Gasteiger charge is 2.40. The Labute approximate surface area is 159 Å². The highest BCUT2D eigenvalue weighted by molar-refractivity contribution is 5.93. The molecule has 7 nitrogen and oxygen atoms in total. The number of carbonyl (C=O) groups excluding carboxylic acids is 2. The summed E-state index contributed by atoms with van der Waals surface area (Å²) < 4.78 is 5.76. The molecule has 4 rings (SSSR count). The number of hydrogen-bond donors (Lipinski definition) is 3. The van der Waals surface area contributed by atoms with Gasteiger partial charge < -0.3 is 15.0 Å². The first-order chi connectivity index (χ1) is 13.1. The topological polar surface area (TPSA) is 90.9 Å². The summed E-state index contributed by atoms with van der Waals surface area (Å²) in [5.41, 5.74) is 3.28. The minimum absolute atomic E-state index is 0.109. The molecule has 0 radical (unpaired) electrons. The number of rotatable bonds is 2. The Hall–Kier alpha value is -2.12. The summed E-state index contributed by atoms with van der Waals surface area (Å²) >= 11 is 0. The van der Waals surface area contributed by atoms with Gasteiger partial charge in [-0.2, -0.15) is 0 Å². The molecular weight excluding hydrogens is 346 g/mol. The van der Waals surface area contributed by atoms with Gasteiger partial charge in [0, 0.05) is 30.1 Å². The number of ether oxygens (including phenoxy) is 1. The second kappa shape index (κ2) is 7.48. The third-order valence-electron chi connectivity index (χ3n) is 6.45. The van der Waals surface area contributed by atoms with Crippen molar-refractivity contribution in [1.29, 1.82) is 0 Å².